The number of nitrogens with one attached hydrogen (secondary N) is 1. The summed E-state index contributed by atoms with van der Waals surface area (Å²) in [5.74, 6) is 7.03. The van der Waals surface area contributed by atoms with Crippen molar-refractivity contribution in [2.24, 2.45) is 24.8 Å². The highest BCUT2D eigenvalue weighted by molar-refractivity contribution is 6.31. The predicted octanol–water partition coefficient (Wildman–Crippen LogP) is 4.51. The van der Waals surface area contributed by atoms with Gasteiger partial charge in [0.25, 0.3) is 5.91 Å². The number of aliphatic hydroxyl groups is 1. The van der Waals surface area contributed by atoms with E-state index < -0.39 is 11.4 Å². The van der Waals surface area contributed by atoms with Crippen LogP contribution in [0.5, 0.6) is 0 Å². The zero-order valence-corrected chi connectivity index (χ0v) is 18.1. The number of rotatable bonds is 3. The quantitative estimate of drug-likeness (QED) is 0.688. The van der Waals surface area contributed by atoms with Crippen molar-refractivity contribution in [1.82, 2.24) is 9.55 Å². The Morgan fingerprint density at radius 2 is 2.03 bits per heavy atom. The first-order valence-electron chi connectivity index (χ1n) is 10.8. The minimum absolute atomic E-state index is 0.0380. The fraction of sp³-hybridized carbons (Fsp3) is 0.500. The van der Waals surface area contributed by atoms with Crippen molar-refractivity contribution in [3.63, 3.8) is 0 Å². The number of fused-ring (bicyclic) bond motifs is 1. The number of hydrogen-bond acceptors (Lipinski definition) is 3. The molecule has 3 fully saturated rings. The van der Waals surface area contributed by atoms with Crippen molar-refractivity contribution in [2.75, 3.05) is 5.32 Å². The second-order valence-corrected chi connectivity index (χ2v) is 9.75. The summed E-state index contributed by atoms with van der Waals surface area (Å²) in [5.41, 5.74) is 0.880. The van der Waals surface area contributed by atoms with Crippen LogP contribution in [0.4, 0.5) is 10.1 Å². The van der Waals surface area contributed by atoms with Crippen molar-refractivity contribution in [3.05, 3.63) is 46.8 Å². The van der Waals surface area contributed by atoms with Gasteiger partial charge in [-0.1, -0.05) is 23.4 Å². The number of amides is 1. The van der Waals surface area contributed by atoms with Gasteiger partial charge in [-0.05, 0) is 68.6 Å². The minimum atomic E-state index is -0.852. The average Bonchev–Trinajstić information content (AvgIpc) is 3.24. The number of imidazole rings is 1. The SMILES string of the molecule is Cn1cnc(C2CC3CC(O)(C#CC4CC4)CC3C2)c1C(=O)Nc1ccc(F)c(Cl)c1. The first-order valence-corrected chi connectivity index (χ1v) is 11.2. The molecule has 0 spiro atoms. The lowest BCUT2D eigenvalue weighted by atomic mass is 9.92. The zero-order valence-electron chi connectivity index (χ0n) is 17.4. The Bertz CT molecular complexity index is 1080. The number of carbonyl (C=O) groups excluding carboxylic acids is 1. The van der Waals surface area contributed by atoms with E-state index in [1.54, 1.807) is 17.9 Å². The van der Waals surface area contributed by atoms with E-state index in [0.717, 1.165) is 31.4 Å². The van der Waals surface area contributed by atoms with Crippen molar-refractivity contribution in [2.45, 2.75) is 50.0 Å². The second kappa shape index (κ2) is 7.65. The molecule has 2 N–H and O–H groups in total. The van der Waals surface area contributed by atoms with Crippen molar-refractivity contribution < 1.29 is 14.3 Å². The van der Waals surface area contributed by atoms with Crippen LogP contribution in [-0.2, 0) is 7.05 Å². The molecular formula is C24H25ClFN3O2. The third-order valence-electron chi connectivity index (χ3n) is 6.87. The van der Waals surface area contributed by atoms with E-state index in [1.807, 2.05) is 0 Å². The fourth-order valence-corrected chi connectivity index (χ4v) is 5.42. The van der Waals surface area contributed by atoms with E-state index >= 15 is 0 Å². The van der Waals surface area contributed by atoms with Gasteiger partial charge in [0.15, 0.2) is 0 Å². The Morgan fingerprint density at radius 1 is 1.32 bits per heavy atom. The molecule has 0 radical (unpaired) electrons. The molecule has 1 aromatic carbocycles. The van der Waals surface area contributed by atoms with Crippen LogP contribution in [0.1, 0.15) is 60.6 Å². The number of aryl methyl sites for hydroxylation is 1. The van der Waals surface area contributed by atoms with Gasteiger partial charge in [0.1, 0.15) is 17.1 Å². The van der Waals surface area contributed by atoms with E-state index in [-0.39, 0.29) is 16.8 Å². The number of aromatic nitrogens is 2. The van der Waals surface area contributed by atoms with Crippen LogP contribution >= 0.6 is 11.6 Å². The molecular weight excluding hydrogens is 417 g/mol. The van der Waals surface area contributed by atoms with Gasteiger partial charge in [-0.25, -0.2) is 9.37 Å². The van der Waals surface area contributed by atoms with Gasteiger partial charge in [0.05, 0.1) is 17.0 Å². The molecule has 3 aliphatic carbocycles. The smallest absolute Gasteiger partial charge is 0.274 e. The van der Waals surface area contributed by atoms with E-state index in [2.05, 4.69) is 22.1 Å². The fourth-order valence-electron chi connectivity index (χ4n) is 5.24. The van der Waals surface area contributed by atoms with Crippen molar-refractivity contribution in [3.8, 4) is 11.8 Å². The highest BCUT2D eigenvalue weighted by Gasteiger charge is 2.49. The van der Waals surface area contributed by atoms with Gasteiger partial charge in [0.2, 0.25) is 0 Å². The third-order valence-corrected chi connectivity index (χ3v) is 7.16. The number of anilines is 1. The summed E-state index contributed by atoms with van der Waals surface area (Å²) in [5, 5.41) is 13.7. The van der Waals surface area contributed by atoms with Gasteiger partial charge < -0.3 is 15.0 Å². The number of carbonyl (C=O) groups is 1. The molecule has 0 bridgehead atoms. The molecule has 2 atom stereocenters. The summed E-state index contributed by atoms with van der Waals surface area (Å²) < 4.78 is 15.1. The van der Waals surface area contributed by atoms with E-state index in [9.17, 15) is 14.3 Å². The lowest BCUT2D eigenvalue weighted by Crippen LogP contribution is -2.24. The molecule has 0 aliphatic heterocycles. The number of halogens is 2. The van der Waals surface area contributed by atoms with Crippen LogP contribution < -0.4 is 5.32 Å². The van der Waals surface area contributed by atoms with Gasteiger partial charge in [-0.3, -0.25) is 4.79 Å². The number of nitrogens with zero attached hydrogens (tertiary/aromatic N) is 2. The van der Waals surface area contributed by atoms with Crippen LogP contribution in [0.3, 0.4) is 0 Å². The van der Waals surface area contributed by atoms with Crippen LogP contribution in [0.2, 0.25) is 5.02 Å². The predicted molar refractivity (Wildman–Crippen MR) is 116 cm³/mol. The summed E-state index contributed by atoms with van der Waals surface area (Å²) in [4.78, 5) is 17.6. The Labute approximate surface area is 186 Å². The molecule has 2 unspecified atom stereocenters. The summed E-state index contributed by atoms with van der Waals surface area (Å²) in [6.45, 7) is 0. The Kier molecular flexibility index (Phi) is 5.07. The van der Waals surface area contributed by atoms with Crippen LogP contribution in [0, 0.1) is 35.4 Å². The molecule has 5 rings (SSSR count). The van der Waals surface area contributed by atoms with E-state index in [1.165, 1.54) is 18.2 Å². The van der Waals surface area contributed by atoms with Crippen molar-refractivity contribution >= 4 is 23.2 Å². The maximum atomic E-state index is 13.4. The topological polar surface area (TPSA) is 67.1 Å². The molecule has 0 saturated heterocycles. The minimum Gasteiger partial charge on any atom is -0.378 e. The summed E-state index contributed by atoms with van der Waals surface area (Å²) >= 11 is 5.84. The molecule has 3 aliphatic rings. The molecule has 31 heavy (non-hydrogen) atoms. The molecule has 3 saturated carbocycles. The van der Waals surface area contributed by atoms with Crippen LogP contribution in [0.25, 0.3) is 0 Å². The Morgan fingerprint density at radius 3 is 2.68 bits per heavy atom. The maximum absolute atomic E-state index is 13.4. The highest BCUT2D eigenvalue weighted by Crippen LogP contribution is 2.54. The lowest BCUT2D eigenvalue weighted by molar-refractivity contribution is 0.0978. The van der Waals surface area contributed by atoms with Crippen LogP contribution in [0.15, 0.2) is 24.5 Å². The molecule has 1 amide bonds. The first kappa shape index (κ1) is 20.5. The van der Waals surface area contributed by atoms with E-state index in [0.29, 0.717) is 42.0 Å². The maximum Gasteiger partial charge on any atom is 0.274 e. The lowest BCUT2D eigenvalue weighted by Gasteiger charge is -2.19. The van der Waals surface area contributed by atoms with Crippen LogP contribution in [-0.4, -0.2) is 26.2 Å². The molecule has 2 aromatic rings. The van der Waals surface area contributed by atoms with E-state index in [4.69, 9.17) is 11.6 Å². The molecule has 1 heterocycles. The third kappa shape index (κ3) is 4.09. The van der Waals surface area contributed by atoms with Gasteiger partial charge in [0, 0.05) is 24.6 Å². The Balaban J connectivity index is 1.30. The number of hydrogen-bond donors (Lipinski definition) is 2. The summed E-state index contributed by atoms with van der Waals surface area (Å²) in [6.07, 6.45) is 7.19. The first-order chi connectivity index (χ1) is 14.8. The molecule has 7 heteroatoms. The molecule has 162 valence electrons. The summed E-state index contributed by atoms with van der Waals surface area (Å²) in [6, 6.07) is 4.11. The van der Waals surface area contributed by atoms with Gasteiger partial charge >= 0.3 is 0 Å². The Hall–Kier alpha value is -2.36. The number of benzene rings is 1. The zero-order chi connectivity index (χ0) is 21.8. The largest absolute Gasteiger partial charge is 0.378 e. The molecule has 1 aromatic heterocycles. The molecule has 5 nitrogen and oxygen atoms in total. The average molecular weight is 442 g/mol. The normalized spacial score (nSPS) is 29.4. The highest BCUT2D eigenvalue weighted by atomic mass is 35.5. The van der Waals surface area contributed by atoms with Gasteiger partial charge in [-0.15, -0.1) is 0 Å². The second-order valence-electron chi connectivity index (χ2n) is 9.34. The monoisotopic (exact) mass is 441 g/mol. The standard InChI is InChI=1S/C24H25ClFN3O2/c1-29-13-27-21(22(29)23(30)28-18-4-5-20(26)19(25)10-18)15-8-16-11-24(31,12-17(16)9-15)7-6-14-2-3-14/h4-5,10,13-17,31H,2-3,8-9,11-12H2,1H3,(H,28,30). The summed E-state index contributed by atoms with van der Waals surface area (Å²) in [7, 11) is 1.80. The van der Waals surface area contributed by atoms with Crippen molar-refractivity contribution in [1.29, 1.82) is 0 Å². The van der Waals surface area contributed by atoms with Gasteiger partial charge in [-0.2, -0.15) is 0 Å².